The molecule has 1 rings (SSSR count). The summed E-state index contributed by atoms with van der Waals surface area (Å²) in [6.07, 6.45) is 0. The first-order valence-electron chi connectivity index (χ1n) is 6.85. The van der Waals surface area contributed by atoms with Crippen LogP contribution < -0.4 is 0 Å². The molecule has 0 radical (unpaired) electrons. The zero-order valence-electron chi connectivity index (χ0n) is 13.6. The average Bonchev–Trinajstić information content (AvgIpc) is 2.13. The van der Waals surface area contributed by atoms with Crippen molar-refractivity contribution in [2.75, 3.05) is 0 Å². The predicted octanol–water partition coefficient (Wildman–Crippen LogP) is 2.01. The minimum absolute atomic E-state index is 0.338. The molecule has 9 heavy (non-hydrogen) atoms. The van der Waals surface area contributed by atoms with Crippen LogP contribution in [0.25, 0.3) is 0 Å². The van der Waals surface area contributed by atoms with Crippen LogP contribution in [0.1, 0.15) is 29.3 Å². The van der Waals surface area contributed by atoms with Crippen molar-refractivity contribution in [1.29, 1.82) is 0 Å². The lowest BCUT2D eigenvalue weighted by molar-refractivity contribution is 1.10. The molecule has 0 aliphatic rings. The van der Waals surface area contributed by atoms with Crippen molar-refractivity contribution in [1.82, 2.24) is 4.98 Å². The first-order chi connectivity index (χ1) is 7.82. The molecule has 1 heterocycles. The highest BCUT2D eigenvalue weighted by Gasteiger charge is 1.88. The molecule has 0 saturated carbocycles. The molecule has 0 spiro atoms. The van der Waals surface area contributed by atoms with Crippen LogP contribution in [0.2, 0.25) is 0 Å². The van der Waals surface area contributed by atoms with Gasteiger partial charge >= 0.3 is 0 Å². The molecule has 1 nitrogen and oxygen atoms in total. The Balaban J connectivity index is 3.49. The third kappa shape index (κ3) is 1.53. The quantitative estimate of drug-likeness (QED) is 0.523. The first-order valence-corrected chi connectivity index (χ1v) is 2.35. The van der Waals surface area contributed by atoms with Gasteiger partial charge in [-0.05, 0) is 38.3 Å². The average molecular weight is 130 g/mol. The number of hydrogen-bond donors (Lipinski definition) is 0. The molecule has 1 aromatic heterocycles. The van der Waals surface area contributed by atoms with Crippen molar-refractivity contribution in [2.24, 2.45) is 0 Å². The fourth-order valence-electron chi connectivity index (χ4n) is 0.531. The molecule has 0 aromatic carbocycles. The summed E-state index contributed by atoms with van der Waals surface area (Å²) >= 11 is 0. The number of aromatic nitrogens is 1. The summed E-state index contributed by atoms with van der Waals surface area (Å²) in [5.74, 6) is 0. The Morgan fingerprint density at radius 2 is 1.89 bits per heavy atom. The number of nitrogens with zero attached hydrogens (tertiary/aromatic N) is 1. The van der Waals surface area contributed by atoms with E-state index in [-0.39, 0.29) is 5.56 Å². The molecule has 1 aromatic rings. The van der Waals surface area contributed by atoms with Crippen LogP contribution in [0.4, 0.5) is 0 Å². The van der Waals surface area contributed by atoms with Crippen LogP contribution in [-0.4, -0.2) is 4.98 Å². The SMILES string of the molecule is [2H]C([2H])([2H])c1cc(C([2H])([2H])[2H])nc(C([2H])([2H])[2H])c1. The summed E-state index contributed by atoms with van der Waals surface area (Å²) in [4.78, 5) is 3.51. The molecular formula is C8H11N. The Morgan fingerprint density at radius 3 is 2.33 bits per heavy atom. The number of aryl methyl sites for hydroxylation is 3. The van der Waals surface area contributed by atoms with E-state index in [2.05, 4.69) is 4.98 Å². The van der Waals surface area contributed by atoms with E-state index in [0.717, 1.165) is 12.1 Å². The lowest BCUT2D eigenvalue weighted by atomic mass is 10.2. The molecule has 48 valence electrons. The van der Waals surface area contributed by atoms with Gasteiger partial charge in [0.1, 0.15) is 0 Å². The standard InChI is InChI=1S/C8H11N/c1-6-4-7(2)9-8(3)5-6/h4-5H,1-3H3/i1D3,2D3,3D3. The molecule has 0 aliphatic carbocycles. The molecule has 0 N–H and O–H groups in total. The maximum atomic E-state index is 7.21. The molecule has 0 atom stereocenters. The maximum absolute atomic E-state index is 7.21. The largest absolute Gasteiger partial charge is 0.258 e. The first kappa shape index (κ1) is 1.42. The van der Waals surface area contributed by atoms with Crippen LogP contribution in [0.3, 0.4) is 0 Å². The number of hydrogen-bond acceptors (Lipinski definition) is 1. The van der Waals surface area contributed by atoms with Gasteiger partial charge in [0.2, 0.25) is 0 Å². The van der Waals surface area contributed by atoms with E-state index >= 15 is 0 Å². The maximum Gasteiger partial charge on any atom is 0.0378 e. The molecule has 1 heteroatoms. The van der Waals surface area contributed by atoms with Gasteiger partial charge in [-0.2, -0.15) is 0 Å². The summed E-state index contributed by atoms with van der Waals surface area (Å²) in [6, 6.07) is 1.80. The molecule has 0 fully saturated rings. The molecule has 0 amide bonds. The van der Waals surface area contributed by atoms with Gasteiger partial charge in [0.25, 0.3) is 0 Å². The summed E-state index contributed by atoms with van der Waals surface area (Å²) in [6.45, 7) is -7.88. The minimum Gasteiger partial charge on any atom is -0.258 e. The summed E-state index contributed by atoms with van der Waals surface area (Å²) in [5, 5.41) is 0. The monoisotopic (exact) mass is 130 g/mol. The second kappa shape index (κ2) is 2.18. The fourth-order valence-corrected chi connectivity index (χ4v) is 0.531. The highest BCUT2D eigenvalue weighted by molar-refractivity contribution is 5.18. The zero-order valence-corrected chi connectivity index (χ0v) is 4.60. The van der Waals surface area contributed by atoms with E-state index in [9.17, 15) is 0 Å². The van der Waals surface area contributed by atoms with Gasteiger partial charge in [-0.15, -0.1) is 0 Å². The van der Waals surface area contributed by atoms with Crippen LogP contribution in [0, 0.1) is 20.6 Å². The molecule has 0 saturated heterocycles. The van der Waals surface area contributed by atoms with Gasteiger partial charge in [0.05, 0.1) is 0 Å². The van der Waals surface area contributed by atoms with Gasteiger partial charge in [-0.1, -0.05) is 0 Å². The number of pyridine rings is 1. The molecule has 0 bridgehead atoms. The van der Waals surface area contributed by atoms with E-state index in [1.54, 1.807) is 0 Å². The van der Waals surface area contributed by atoms with Crippen LogP contribution in [-0.2, 0) is 0 Å². The lowest BCUT2D eigenvalue weighted by Crippen LogP contribution is -1.85. The third-order valence-electron chi connectivity index (χ3n) is 0.825. The van der Waals surface area contributed by atoms with Gasteiger partial charge in [-0.3, -0.25) is 4.98 Å². The van der Waals surface area contributed by atoms with E-state index in [1.165, 1.54) is 0 Å². The van der Waals surface area contributed by atoms with Gasteiger partial charge in [0, 0.05) is 23.7 Å². The van der Waals surface area contributed by atoms with Crippen molar-refractivity contribution in [3.05, 3.63) is 29.1 Å². The zero-order chi connectivity index (χ0) is 14.4. The fraction of sp³-hybridized carbons (Fsp3) is 0.375. The van der Waals surface area contributed by atoms with Gasteiger partial charge in [-0.25, -0.2) is 0 Å². The van der Waals surface area contributed by atoms with Gasteiger partial charge in [0.15, 0.2) is 0 Å². The predicted molar refractivity (Wildman–Crippen MR) is 38.4 cm³/mol. The summed E-state index contributed by atoms with van der Waals surface area (Å²) in [7, 11) is 0. The third-order valence-corrected chi connectivity index (χ3v) is 0.825. The lowest BCUT2D eigenvalue weighted by Gasteiger charge is -1.96. The van der Waals surface area contributed by atoms with E-state index in [4.69, 9.17) is 12.3 Å². The Kier molecular flexibility index (Phi) is 0.342. The Labute approximate surface area is 68.4 Å². The van der Waals surface area contributed by atoms with E-state index < -0.39 is 31.9 Å². The Morgan fingerprint density at radius 1 is 1.22 bits per heavy atom. The highest BCUT2D eigenvalue weighted by Crippen LogP contribution is 2.01. The number of rotatable bonds is 0. The normalized spacial score (nSPS) is 28.7. The summed E-state index contributed by atoms with van der Waals surface area (Å²) < 4.78 is 64.7. The molecular weight excluding hydrogens is 110 g/mol. The van der Waals surface area contributed by atoms with Crippen LogP contribution >= 0.6 is 0 Å². The van der Waals surface area contributed by atoms with Crippen molar-refractivity contribution >= 4 is 0 Å². The van der Waals surface area contributed by atoms with Crippen LogP contribution in [0.15, 0.2) is 12.1 Å². The second-order valence-electron chi connectivity index (χ2n) is 1.63. The van der Waals surface area contributed by atoms with Crippen LogP contribution in [0.5, 0.6) is 0 Å². The topological polar surface area (TPSA) is 12.9 Å². The Hall–Kier alpha value is -0.850. The van der Waals surface area contributed by atoms with Crippen molar-refractivity contribution in [3.8, 4) is 0 Å². The van der Waals surface area contributed by atoms with E-state index in [0.29, 0.717) is 0 Å². The molecule has 0 unspecified atom stereocenters. The molecule has 0 aliphatic heterocycles. The van der Waals surface area contributed by atoms with Gasteiger partial charge < -0.3 is 0 Å². The van der Waals surface area contributed by atoms with E-state index in [1.807, 2.05) is 0 Å². The second-order valence-corrected chi connectivity index (χ2v) is 1.63. The smallest absolute Gasteiger partial charge is 0.0378 e. The Bertz CT molecular complexity index is 360. The summed E-state index contributed by atoms with van der Waals surface area (Å²) in [5.41, 5.74) is -1.39. The van der Waals surface area contributed by atoms with Crippen molar-refractivity contribution < 1.29 is 12.3 Å². The van der Waals surface area contributed by atoms with Crippen molar-refractivity contribution in [2.45, 2.75) is 20.6 Å². The van der Waals surface area contributed by atoms with Crippen molar-refractivity contribution in [3.63, 3.8) is 0 Å². The minimum atomic E-state index is -2.65. The highest BCUT2D eigenvalue weighted by atomic mass is 14.7.